The Morgan fingerprint density at radius 1 is 0.971 bits per heavy atom. The fourth-order valence-electron chi connectivity index (χ4n) is 3.29. The lowest BCUT2D eigenvalue weighted by Gasteiger charge is -2.35. The molecule has 0 aliphatic carbocycles. The summed E-state index contributed by atoms with van der Waals surface area (Å²) in [6, 6.07) is 12.5. The van der Waals surface area contributed by atoms with Gasteiger partial charge in [-0.3, -0.25) is 9.59 Å². The zero-order valence-corrected chi connectivity index (χ0v) is 19.2. The van der Waals surface area contributed by atoms with Crippen molar-refractivity contribution in [3.63, 3.8) is 0 Å². The second-order valence-corrected chi connectivity index (χ2v) is 8.41. The van der Waals surface area contributed by atoms with Crippen molar-refractivity contribution in [2.24, 2.45) is 0 Å². The first-order valence-electron chi connectivity index (χ1n) is 10.2. The van der Waals surface area contributed by atoms with Crippen molar-refractivity contribution >= 4 is 44.5 Å². The number of amides is 2. The summed E-state index contributed by atoms with van der Waals surface area (Å²) >= 11 is 1.40. The predicted molar refractivity (Wildman–Crippen MR) is 123 cm³/mol. The van der Waals surface area contributed by atoms with Crippen LogP contribution in [0, 0.1) is 0 Å². The van der Waals surface area contributed by atoms with Crippen LogP contribution in [0.2, 0.25) is 0 Å². The van der Waals surface area contributed by atoms with Crippen molar-refractivity contribution in [3.05, 3.63) is 53.6 Å². The summed E-state index contributed by atoms with van der Waals surface area (Å²) in [5, 5.41) is 7.62. The number of ether oxygens (including phenoxy) is 1. The van der Waals surface area contributed by atoms with Crippen molar-refractivity contribution in [3.8, 4) is 5.75 Å². The molecule has 13 heteroatoms. The summed E-state index contributed by atoms with van der Waals surface area (Å²) in [7, 11) is 1.59. The summed E-state index contributed by atoms with van der Waals surface area (Å²) in [4.78, 5) is 42.2. The van der Waals surface area contributed by atoms with E-state index in [2.05, 4.69) is 4.98 Å². The van der Waals surface area contributed by atoms with Crippen molar-refractivity contribution in [1.82, 2.24) is 14.8 Å². The van der Waals surface area contributed by atoms with Crippen LogP contribution in [-0.4, -0.2) is 77.1 Å². The average molecular weight is 510 g/mol. The molecule has 2 heterocycles. The molecule has 0 atom stereocenters. The van der Waals surface area contributed by atoms with Gasteiger partial charge in [0.25, 0.3) is 11.8 Å². The number of carbonyl (C=O) groups excluding carboxylic acids is 2. The van der Waals surface area contributed by atoms with Gasteiger partial charge in [0.2, 0.25) is 0 Å². The Labute approximate surface area is 201 Å². The van der Waals surface area contributed by atoms with Gasteiger partial charge < -0.3 is 25.4 Å². The molecular weight excluding hydrogens is 489 g/mol. The lowest BCUT2D eigenvalue weighted by atomic mass is 10.1. The Morgan fingerprint density at radius 2 is 1.46 bits per heavy atom. The maximum atomic E-state index is 12.8. The predicted octanol–water partition coefficient (Wildman–Crippen LogP) is 3.12. The van der Waals surface area contributed by atoms with Crippen LogP contribution < -0.4 is 10.5 Å². The molecule has 1 aliphatic rings. The maximum absolute atomic E-state index is 12.8. The molecule has 1 aliphatic heterocycles. The van der Waals surface area contributed by atoms with E-state index in [0.29, 0.717) is 48.2 Å². The van der Waals surface area contributed by atoms with Crippen molar-refractivity contribution < 1.29 is 37.4 Å². The minimum atomic E-state index is -5.08. The highest BCUT2D eigenvalue weighted by Gasteiger charge is 2.38. The number of aliphatic carboxylic acids is 1. The van der Waals surface area contributed by atoms with E-state index in [1.807, 2.05) is 6.07 Å². The third-order valence-corrected chi connectivity index (χ3v) is 5.95. The Morgan fingerprint density at radius 3 is 1.94 bits per heavy atom. The third kappa shape index (κ3) is 6.38. The van der Waals surface area contributed by atoms with E-state index in [1.54, 1.807) is 53.3 Å². The van der Waals surface area contributed by atoms with E-state index in [4.69, 9.17) is 20.4 Å². The zero-order valence-electron chi connectivity index (χ0n) is 18.4. The molecule has 1 fully saturated rings. The number of carboxylic acids is 1. The SMILES string of the molecule is COc1ccc(C(=O)N2CCN(C(=O)c3ccc4sc(N)nc4c3)CC2)cc1.O=C(O)C(F)(F)F. The van der Waals surface area contributed by atoms with Gasteiger partial charge in [-0.25, -0.2) is 9.78 Å². The van der Waals surface area contributed by atoms with Crippen LogP contribution in [0.15, 0.2) is 42.5 Å². The molecule has 4 rings (SSSR count). The Balaban J connectivity index is 0.000000429. The number of piperazine rings is 1. The number of fused-ring (bicyclic) bond motifs is 1. The molecule has 0 saturated carbocycles. The molecule has 0 unspecified atom stereocenters. The van der Waals surface area contributed by atoms with Crippen molar-refractivity contribution in [2.45, 2.75) is 6.18 Å². The van der Waals surface area contributed by atoms with E-state index >= 15 is 0 Å². The van der Waals surface area contributed by atoms with Gasteiger partial charge in [0, 0.05) is 37.3 Å². The fourth-order valence-corrected chi connectivity index (χ4v) is 4.00. The number of carbonyl (C=O) groups is 3. The van der Waals surface area contributed by atoms with Crippen LogP contribution >= 0.6 is 11.3 Å². The number of hydrogen-bond donors (Lipinski definition) is 2. The van der Waals surface area contributed by atoms with Gasteiger partial charge in [0.05, 0.1) is 17.3 Å². The lowest BCUT2D eigenvalue weighted by Crippen LogP contribution is -2.50. The quantitative estimate of drug-likeness (QED) is 0.555. The first-order valence-corrected chi connectivity index (χ1v) is 11.0. The first kappa shape index (κ1) is 25.7. The summed E-state index contributed by atoms with van der Waals surface area (Å²) < 4.78 is 37.8. The molecule has 3 aromatic rings. The van der Waals surface area contributed by atoms with Gasteiger partial charge in [-0.1, -0.05) is 11.3 Å². The normalized spacial score (nSPS) is 13.7. The van der Waals surface area contributed by atoms with E-state index in [0.717, 1.165) is 10.2 Å². The van der Waals surface area contributed by atoms with Gasteiger partial charge in [0.1, 0.15) is 5.75 Å². The number of methoxy groups -OCH3 is 1. The molecule has 3 N–H and O–H groups in total. The topological polar surface area (TPSA) is 126 Å². The Bertz CT molecular complexity index is 1220. The molecule has 0 bridgehead atoms. The van der Waals surface area contributed by atoms with Gasteiger partial charge in [-0.15, -0.1) is 0 Å². The van der Waals surface area contributed by atoms with Gasteiger partial charge in [0.15, 0.2) is 5.13 Å². The maximum Gasteiger partial charge on any atom is 0.490 e. The van der Waals surface area contributed by atoms with Crippen LogP contribution in [0.3, 0.4) is 0 Å². The number of alkyl halides is 3. The number of rotatable bonds is 3. The largest absolute Gasteiger partial charge is 0.497 e. The average Bonchev–Trinajstić information content (AvgIpc) is 3.22. The molecule has 9 nitrogen and oxygen atoms in total. The van der Waals surface area contributed by atoms with E-state index in [-0.39, 0.29) is 11.8 Å². The number of nitrogen functional groups attached to an aromatic ring is 1. The number of hydrogen-bond acceptors (Lipinski definition) is 7. The fraction of sp³-hybridized carbons (Fsp3) is 0.273. The second-order valence-electron chi connectivity index (χ2n) is 7.35. The lowest BCUT2D eigenvalue weighted by molar-refractivity contribution is -0.192. The standard InChI is InChI=1S/C20H20N4O3S.C2HF3O2/c1-27-15-5-2-13(3-6-15)18(25)23-8-10-24(11-9-23)19(26)14-4-7-17-16(12-14)22-20(21)28-17;3-2(4,5)1(6)7/h2-7,12H,8-11H2,1H3,(H2,21,22);(H,6,7). The zero-order chi connectivity index (χ0) is 25.8. The summed E-state index contributed by atoms with van der Waals surface area (Å²) in [5.41, 5.74) is 7.68. The van der Waals surface area contributed by atoms with E-state index < -0.39 is 12.1 Å². The highest BCUT2D eigenvalue weighted by molar-refractivity contribution is 7.22. The minimum Gasteiger partial charge on any atom is -0.497 e. The Kier molecular flexibility index (Phi) is 7.79. The monoisotopic (exact) mass is 510 g/mol. The molecular formula is C22H21F3N4O5S. The highest BCUT2D eigenvalue weighted by atomic mass is 32.1. The molecule has 35 heavy (non-hydrogen) atoms. The number of aromatic nitrogens is 1. The molecule has 2 amide bonds. The number of nitrogens with zero attached hydrogens (tertiary/aromatic N) is 3. The van der Waals surface area contributed by atoms with Crippen molar-refractivity contribution in [2.75, 3.05) is 39.0 Å². The van der Waals surface area contributed by atoms with Crippen LogP contribution in [0.1, 0.15) is 20.7 Å². The Hall–Kier alpha value is -3.87. The number of benzene rings is 2. The molecule has 0 spiro atoms. The van der Waals surface area contributed by atoms with Crippen LogP contribution in [0.5, 0.6) is 5.75 Å². The van der Waals surface area contributed by atoms with Gasteiger partial charge in [-0.05, 0) is 42.5 Å². The number of anilines is 1. The summed E-state index contributed by atoms with van der Waals surface area (Å²) in [5.74, 6) is -2.13. The molecule has 1 saturated heterocycles. The number of nitrogens with two attached hydrogens (primary N) is 1. The first-order chi connectivity index (χ1) is 16.5. The number of carboxylic acid groups (broad SMARTS) is 1. The summed E-state index contributed by atoms with van der Waals surface area (Å²) in [6.07, 6.45) is -5.08. The van der Waals surface area contributed by atoms with Gasteiger partial charge in [-0.2, -0.15) is 13.2 Å². The second kappa shape index (κ2) is 10.6. The van der Waals surface area contributed by atoms with Crippen LogP contribution in [0.25, 0.3) is 10.2 Å². The van der Waals surface area contributed by atoms with E-state index in [1.165, 1.54) is 11.3 Å². The molecule has 0 radical (unpaired) electrons. The molecule has 186 valence electrons. The molecule has 2 aromatic carbocycles. The number of thiazole rings is 1. The van der Waals surface area contributed by atoms with E-state index in [9.17, 15) is 22.8 Å². The van der Waals surface area contributed by atoms with Crippen LogP contribution in [0.4, 0.5) is 18.3 Å². The highest BCUT2D eigenvalue weighted by Crippen LogP contribution is 2.25. The number of halogens is 3. The van der Waals surface area contributed by atoms with Crippen LogP contribution in [-0.2, 0) is 4.79 Å². The minimum absolute atomic E-state index is 0.0332. The molecule has 1 aromatic heterocycles. The summed E-state index contributed by atoms with van der Waals surface area (Å²) in [6.45, 7) is 2.00. The smallest absolute Gasteiger partial charge is 0.490 e. The third-order valence-electron chi connectivity index (χ3n) is 5.08. The van der Waals surface area contributed by atoms with Crippen molar-refractivity contribution in [1.29, 1.82) is 0 Å². The van der Waals surface area contributed by atoms with Gasteiger partial charge >= 0.3 is 12.1 Å².